The summed E-state index contributed by atoms with van der Waals surface area (Å²) in [5, 5.41) is 2.73. The van der Waals surface area contributed by atoms with Gasteiger partial charge < -0.3 is 10.1 Å². The molecule has 0 bridgehead atoms. The SMILES string of the molecule is COC=Nc1ccc2c(c1-c1c(NC(C)=O)ccc3c1C(=O)c1ccccc1C3=O)C(=O)c1ccccc1C2=O. The number of nitrogens with zero attached hydrogens (tertiary/aromatic N) is 1. The van der Waals surface area contributed by atoms with Gasteiger partial charge in [0, 0.05) is 68.2 Å². The molecular weight excluding hydrogens is 508 g/mol. The molecule has 1 amide bonds. The Balaban J connectivity index is 1.76. The van der Waals surface area contributed by atoms with Gasteiger partial charge in [0.15, 0.2) is 29.5 Å². The van der Waals surface area contributed by atoms with Crippen LogP contribution in [-0.2, 0) is 9.53 Å². The zero-order chi connectivity index (χ0) is 28.1. The lowest BCUT2D eigenvalue weighted by atomic mass is 9.75. The molecule has 0 heterocycles. The van der Waals surface area contributed by atoms with Gasteiger partial charge in [-0.05, 0) is 24.3 Å². The number of rotatable bonds is 4. The highest BCUT2D eigenvalue weighted by atomic mass is 16.5. The van der Waals surface area contributed by atoms with Crippen molar-refractivity contribution in [3.05, 3.63) is 117 Å². The zero-order valence-corrected chi connectivity index (χ0v) is 21.4. The van der Waals surface area contributed by atoms with E-state index in [2.05, 4.69) is 10.3 Å². The average Bonchev–Trinajstić information content (AvgIpc) is 2.96. The first-order valence-corrected chi connectivity index (χ1v) is 12.4. The van der Waals surface area contributed by atoms with Gasteiger partial charge in [0.25, 0.3) is 0 Å². The van der Waals surface area contributed by atoms with E-state index < -0.39 is 17.5 Å². The molecule has 6 rings (SSSR count). The molecule has 4 aromatic rings. The maximum absolute atomic E-state index is 14.0. The van der Waals surface area contributed by atoms with Gasteiger partial charge in [0.1, 0.15) is 0 Å². The normalized spacial score (nSPS) is 13.4. The first-order valence-electron chi connectivity index (χ1n) is 12.4. The second-order valence-corrected chi connectivity index (χ2v) is 9.35. The van der Waals surface area contributed by atoms with Crippen LogP contribution in [0.2, 0.25) is 0 Å². The van der Waals surface area contributed by atoms with Gasteiger partial charge in [0.05, 0.1) is 12.8 Å². The monoisotopic (exact) mass is 528 g/mol. The summed E-state index contributed by atoms with van der Waals surface area (Å²) in [6.45, 7) is 1.31. The summed E-state index contributed by atoms with van der Waals surface area (Å²) in [5.41, 5.74) is 1.84. The van der Waals surface area contributed by atoms with Crippen LogP contribution in [0, 0.1) is 0 Å². The summed E-state index contributed by atoms with van der Waals surface area (Å²) in [5.74, 6) is -2.08. The smallest absolute Gasteiger partial charge is 0.221 e. The molecule has 0 saturated heterocycles. The highest BCUT2D eigenvalue weighted by Gasteiger charge is 2.38. The minimum Gasteiger partial charge on any atom is -0.486 e. The lowest BCUT2D eigenvalue weighted by molar-refractivity contribution is -0.114. The van der Waals surface area contributed by atoms with Gasteiger partial charge in [-0.2, -0.15) is 0 Å². The molecule has 2 aliphatic carbocycles. The van der Waals surface area contributed by atoms with E-state index in [1.165, 1.54) is 32.2 Å². The fourth-order valence-corrected chi connectivity index (χ4v) is 5.39. The quantitative estimate of drug-likeness (QED) is 0.249. The molecule has 0 aliphatic heterocycles. The topological polar surface area (TPSA) is 119 Å². The van der Waals surface area contributed by atoms with Gasteiger partial charge in [0.2, 0.25) is 5.91 Å². The molecule has 0 aromatic heterocycles. The van der Waals surface area contributed by atoms with Crippen LogP contribution in [0.3, 0.4) is 0 Å². The van der Waals surface area contributed by atoms with Crippen LogP contribution in [0.15, 0.2) is 77.8 Å². The molecule has 1 N–H and O–H groups in total. The number of fused-ring (bicyclic) bond motifs is 4. The lowest BCUT2D eigenvalue weighted by Crippen LogP contribution is -2.25. The molecule has 0 saturated carbocycles. The Labute approximate surface area is 228 Å². The van der Waals surface area contributed by atoms with Gasteiger partial charge in [-0.15, -0.1) is 0 Å². The van der Waals surface area contributed by atoms with Crippen LogP contribution < -0.4 is 5.32 Å². The molecule has 0 atom stereocenters. The fraction of sp³-hybridized carbons (Fsp3) is 0.0625. The third kappa shape index (κ3) is 3.61. The molecule has 0 radical (unpaired) electrons. The second kappa shape index (κ2) is 9.36. The highest BCUT2D eigenvalue weighted by Crippen LogP contribution is 2.47. The maximum Gasteiger partial charge on any atom is 0.221 e. The molecule has 8 nitrogen and oxygen atoms in total. The Hall–Kier alpha value is -5.50. The van der Waals surface area contributed by atoms with Crippen molar-refractivity contribution in [2.75, 3.05) is 12.4 Å². The molecule has 0 fully saturated rings. The summed E-state index contributed by atoms with van der Waals surface area (Å²) in [6, 6.07) is 19.0. The highest BCUT2D eigenvalue weighted by molar-refractivity contribution is 6.34. The van der Waals surface area contributed by atoms with Crippen molar-refractivity contribution in [1.82, 2.24) is 0 Å². The number of hydrogen-bond donors (Lipinski definition) is 1. The standard InChI is InChI=1S/C32H20N2O6/c1-16(35)34-24-14-12-22-26(32(39)20-10-6-4-8-18(20)30(22)37)28(24)27-23(33-15-40-2)13-11-21-25(27)31(38)19-9-5-3-7-17(19)29(21)36/h3-15H,1-2H3,(H,34,35). The minimum absolute atomic E-state index is 0.0105. The summed E-state index contributed by atoms with van der Waals surface area (Å²) >= 11 is 0. The van der Waals surface area contributed by atoms with Crippen LogP contribution in [-0.4, -0.2) is 42.6 Å². The lowest BCUT2D eigenvalue weighted by Gasteiger charge is -2.26. The second-order valence-electron chi connectivity index (χ2n) is 9.35. The van der Waals surface area contributed by atoms with Gasteiger partial charge in [-0.3, -0.25) is 24.0 Å². The third-order valence-electron chi connectivity index (χ3n) is 7.02. The van der Waals surface area contributed by atoms with E-state index in [1.807, 2.05) is 0 Å². The first kappa shape index (κ1) is 24.8. The van der Waals surface area contributed by atoms with E-state index >= 15 is 0 Å². The van der Waals surface area contributed by atoms with Gasteiger partial charge >= 0.3 is 0 Å². The summed E-state index contributed by atoms with van der Waals surface area (Å²) < 4.78 is 5.04. The number of methoxy groups -OCH3 is 1. The van der Waals surface area contributed by atoms with E-state index in [4.69, 9.17) is 4.74 Å². The van der Waals surface area contributed by atoms with E-state index in [0.29, 0.717) is 0 Å². The number of carbonyl (C=O) groups is 5. The Morgan fingerprint density at radius 2 is 1.10 bits per heavy atom. The largest absolute Gasteiger partial charge is 0.486 e. The Morgan fingerprint density at radius 3 is 1.60 bits per heavy atom. The molecule has 194 valence electrons. The van der Waals surface area contributed by atoms with Crippen molar-refractivity contribution >= 4 is 46.8 Å². The molecule has 0 spiro atoms. The summed E-state index contributed by atoms with van der Waals surface area (Å²) in [4.78, 5) is 71.9. The number of hydrogen-bond acceptors (Lipinski definition) is 7. The number of benzene rings is 4. The van der Waals surface area contributed by atoms with E-state index in [1.54, 1.807) is 54.6 Å². The summed E-state index contributed by atoms with van der Waals surface area (Å²) in [6.07, 6.45) is 1.16. The van der Waals surface area contributed by atoms with Crippen molar-refractivity contribution < 1.29 is 28.7 Å². The average molecular weight is 529 g/mol. The van der Waals surface area contributed by atoms with Gasteiger partial charge in [-0.1, -0.05) is 48.5 Å². The van der Waals surface area contributed by atoms with Gasteiger partial charge in [-0.25, -0.2) is 4.99 Å². The molecule has 8 heteroatoms. The predicted molar refractivity (Wildman–Crippen MR) is 148 cm³/mol. The Morgan fingerprint density at radius 1 is 0.625 bits per heavy atom. The Kier molecular flexibility index (Phi) is 5.80. The molecule has 40 heavy (non-hydrogen) atoms. The van der Waals surface area contributed by atoms with Crippen molar-refractivity contribution in [3.8, 4) is 11.1 Å². The number of nitrogens with one attached hydrogen (secondary N) is 1. The fourth-order valence-electron chi connectivity index (χ4n) is 5.39. The van der Waals surface area contributed by atoms with E-state index in [0.717, 1.165) is 6.40 Å². The number of ketones is 4. The number of aliphatic imine (C=N–C) groups is 1. The minimum atomic E-state index is -0.457. The number of ether oxygens (including phenoxy) is 1. The number of carbonyl (C=O) groups excluding carboxylic acids is 5. The van der Waals surface area contributed by atoms with E-state index in [-0.39, 0.29) is 78.6 Å². The van der Waals surface area contributed by atoms with Crippen molar-refractivity contribution in [2.24, 2.45) is 4.99 Å². The van der Waals surface area contributed by atoms with Crippen molar-refractivity contribution in [3.63, 3.8) is 0 Å². The van der Waals surface area contributed by atoms with Crippen LogP contribution in [0.4, 0.5) is 11.4 Å². The number of anilines is 1. The molecule has 0 unspecified atom stereocenters. The molecular formula is C32H20N2O6. The molecule has 2 aliphatic rings. The van der Waals surface area contributed by atoms with Crippen LogP contribution in [0.5, 0.6) is 0 Å². The van der Waals surface area contributed by atoms with Crippen LogP contribution >= 0.6 is 0 Å². The van der Waals surface area contributed by atoms with Crippen molar-refractivity contribution in [1.29, 1.82) is 0 Å². The van der Waals surface area contributed by atoms with Crippen molar-refractivity contribution in [2.45, 2.75) is 6.92 Å². The van der Waals surface area contributed by atoms with E-state index in [9.17, 15) is 24.0 Å². The molecule has 4 aromatic carbocycles. The van der Waals surface area contributed by atoms with Crippen LogP contribution in [0.25, 0.3) is 11.1 Å². The number of amides is 1. The first-order chi connectivity index (χ1) is 19.3. The zero-order valence-electron chi connectivity index (χ0n) is 21.4. The summed E-state index contributed by atoms with van der Waals surface area (Å²) in [7, 11) is 1.40. The third-order valence-corrected chi connectivity index (χ3v) is 7.02. The Bertz CT molecular complexity index is 1870. The van der Waals surface area contributed by atoms with Crippen LogP contribution in [0.1, 0.15) is 70.6 Å². The maximum atomic E-state index is 14.0. The predicted octanol–water partition coefficient (Wildman–Crippen LogP) is 5.17.